The molecule has 0 saturated heterocycles. The molecule has 0 amide bonds. The van der Waals surface area contributed by atoms with Gasteiger partial charge in [0.25, 0.3) is 0 Å². The number of carbonyl (C=O) groups excluding carboxylic acids is 2. The summed E-state index contributed by atoms with van der Waals surface area (Å²) >= 11 is 3.56. The van der Waals surface area contributed by atoms with Gasteiger partial charge in [-0.05, 0) is 24.5 Å². The molecule has 0 N–H and O–H groups in total. The Hall–Kier alpha value is -1.36. The maximum Gasteiger partial charge on any atom is 0.338 e. The van der Waals surface area contributed by atoms with Gasteiger partial charge in [0.1, 0.15) is 6.10 Å². The van der Waals surface area contributed by atoms with Crippen molar-refractivity contribution in [2.75, 3.05) is 0 Å². The van der Waals surface area contributed by atoms with Crippen molar-refractivity contribution in [2.45, 2.75) is 30.4 Å². The van der Waals surface area contributed by atoms with Gasteiger partial charge in [-0.3, -0.25) is 4.79 Å². The fourth-order valence-corrected chi connectivity index (χ4v) is 3.91. The molecule has 2 saturated carbocycles. The number of hydrogen-bond acceptors (Lipinski definition) is 4. The SMILES string of the molecule is CC(=O)O[C@@H]1[C@@H](Br)[C@H]2C[C@H]2[C@@H]1OC(=O)c1ccccc1. The van der Waals surface area contributed by atoms with Crippen LogP contribution in [0.3, 0.4) is 0 Å². The second-order valence-electron chi connectivity index (χ2n) is 5.32. The molecule has 0 radical (unpaired) electrons. The molecule has 1 aromatic rings. The summed E-state index contributed by atoms with van der Waals surface area (Å²) in [4.78, 5) is 23.4. The van der Waals surface area contributed by atoms with Gasteiger partial charge in [0.05, 0.1) is 10.4 Å². The van der Waals surface area contributed by atoms with Gasteiger partial charge in [-0.1, -0.05) is 34.1 Å². The third-order valence-electron chi connectivity index (χ3n) is 3.91. The summed E-state index contributed by atoms with van der Waals surface area (Å²) in [6.07, 6.45) is 0.283. The van der Waals surface area contributed by atoms with Crippen molar-refractivity contribution in [3.8, 4) is 0 Å². The first kappa shape index (κ1) is 13.6. The Kier molecular flexibility index (Phi) is 3.54. The number of fused-ring (bicyclic) bond motifs is 1. The van der Waals surface area contributed by atoms with Gasteiger partial charge in [-0.25, -0.2) is 4.79 Å². The van der Waals surface area contributed by atoms with Gasteiger partial charge in [0, 0.05) is 12.8 Å². The third-order valence-corrected chi connectivity index (χ3v) is 5.11. The Morgan fingerprint density at radius 1 is 1.10 bits per heavy atom. The first-order chi connectivity index (χ1) is 9.58. The van der Waals surface area contributed by atoms with Gasteiger partial charge in [0.2, 0.25) is 0 Å². The van der Waals surface area contributed by atoms with E-state index in [1.807, 2.05) is 6.07 Å². The van der Waals surface area contributed by atoms with Crippen molar-refractivity contribution in [3.05, 3.63) is 35.9 Å². The average Bonchev–Trinajstić information content (AvgIpc) is 3.18. The summed E-state index contributed by atoms with van der Waals surface area (Å²) in [5.74, 6) is 0.0332. The van der Waals surface area contributed by atoms with E-state index in [4.69, 9.17) is 9.47 Å². The topological polar surface area (TPSA) is 52.6 Å². The van der Waals surface area contributed by atoms with Crippen LogP contribution in [0.15, 0.2) is 30.3 Å². The minimum atomic E-state index is -0.385. The van der Waals surface area contributed by atoms with Crippen LogP contribution >= 0.6 is 15.9 Å². The lowest BCUT2D eigenvalue weighted by Crippen LogP contribution is -2.37. The van der Waals surface area contributed by atoms with E-state index in [0.29, 0.717) is 17.4 Å². The number of rotatable bonds is 3. The highest BCUT2D eigenvalue weighted by atomic mass is 79.9. The first-order valence-electron chi connectivity index (χ1n) is 6.65. The third kappa shape index (κ3) is 2.46. The van der Waals surface area contributed by atoms with Crippen LogP contribution in [0.4, 0.5) is 0 Å². The lowest BCUT2D eigenvalue weighted by Gasteiger charge is -2.25. The van der Waals surface area contributed by atoms with Gasteiger partial charge < -0.3 is 9.47 Å². The minimum Gasteiger partial charge on any atom is -0.457 e. The van der Waals surface area contributed by atoms with Gasteiger partial charge in [-0.2, -0.15) is 0 Å². The standard InChI is InChI=1S/C15H15BrO4/c1-8(17)19-14-12(16)10-7-11(10)13(14)20-15(18)9-5-3-2-4-6-9/h2-6,10-14H,7H2,1H3/t10-,11+,12-,13-,14+/m0/s1. The monoisotopic (exact) mass is 338 g/mol. The second-order valence-corrected chi connectivity index (χ2v) is 6.38. The number of alkyl halides is 1. The molecule has 0 aromatic heterocycles. The molecule has 2 fully saturated rings. The number of halogens is 1. The van der Waals surface area contributed by atoms with Crippen LogP contribution in [0, 0.1) is 11.8 Å². The maximum absolute atomic E-state index is 12.1. The van der Waals surface area contributed by atoms with E-state index in [1.54, 1.807) is 24.3 Å². The van der Waals surface area contributed by atoms with Crippen molar-refractivity contribution >= 4 is 27.9 Å². The lowest BCUT2D eigenvalue weighted by atomic mass is 10.1. The normalized spacial score (nSPS) is 34.2. The van der Waals surface area contributed by atoms with E-state index < -0.39 is 0 Å². The van der Waals surface area contributed by atoms with Gasteiger partial charge in [-0.15, -0.1) is 0 Å². The minimum absolute atomic E-state index is 0.0740. The van der Waals surface area contributed by atoms with Crippen molar-refractivity contribution in [2.24, 2.45) is 11.8 Å². The lowest BCUT2D eigenvalue weighted by molar-refractivity contribution is -0.151. The zero-order valence-corrected chi connectivity index (χ0v) is 12.6. The largest absolute Gasteiger partial charge is 0.457 e. The van der Waals surface area contributed by atoms with Gasteiger partial charge >= 0.3 is 11.9 Å². The highest BCUT2D eigenvalue weighted by molar-refractivity contribution is 9.09. The van der Waals surface area contributed by atoms with E-state index in [-0.39, 0.29) is 29.0 Å². The molecule has 0 aliphatic heterocycles. The average molecular weight is 339 g/mol. The zero-order valence-electron chi connectivity index (χ0n) is 11.0. The Morgan fingerprint density at radius 3 is 2.45 bits per heavy atom. The van der Waals surface area contributed by atoms with Crippen LogP contribution in [0.1, 0.15) is 23.7 Å². The Bertz CT molecular complexity index is 530. The van der Waals surface area contributed by atoms with E-state index in [2.05, 4.69) is 15.9 Å². The number of benzene rings is 1. The highest BCUT2D eigenvalue weighted by Gasteiger charge is 2.62. The molecule has 0 heterocycles. The molecule has 2 aliphatic rings. The molecule has 20 heavy (non-hydrogen) atoms. The first-order valence-corrected chi connectivity index (χ1v) is 7.57. The van der Waals surface area contributed by atoms with E-state index in [0.717, 1.165) is 6.42 Å². The van der Waals surface area contributed by atoms with Crippen molar-refractivity contribution in [1.82, 2.24) is 0 Å². The predicted octanol–water partition coefficient (Wildman–Crippen LogP) is 2.56. The maximum atomic E-state index is 12.1. The fourth-order valence-electron chi connectivity index (χ4n) is 2.89. The van der Waals surface area contributed by atoms with Crippen molar-refractivity contribution in [3.63, 3.8) is 0 Å². The summed E-state index contributed by atoms with van der Waals surface area (Å²) in [5, 5.41) is 0. The van der Waals surface area contributed by atoms with Crippen LogP contribution in [-0.2, 0) is 14.3 Å². The quantitative estimate of drug-likeness (QED) is 0.627. The van der Waals surface area contributed by atoms with Crippen LogP contribution in [0.5, 0.6) is 0 Å². The molecular formula is C15H15BrO4. The van der Waals surface area contributed by atoms with Crippen LogP contribution < -0.4 is 0 Å². The smallest absolute Gasteiger partial charge is 0.338 e. The second kappa shape index (κ2) is 5.20. The predicted molar refractivity (Wildman–Crippen MR) is 75.5 cm³/mol. The molecular weight excluding hydrogens is 324 g/mol. The molecule has 106 valence electrons. The van der Waals surface area contributed by atoms with E-state index in [9.17, 15) is 9.59 Å². The number of ether oxygens (including phenoxy) is 2. The Balaban J connectivity index is 1.72. The molecule has 2 aliphatic carbocycles. The molecule has 0 unspecified atom stereocenters. The zero-order chi connectivity index (χ0) is 14.3. The summed E-state index contributed by atoms with van der Waals surface area (Å²) in [6.45, 7) is 1.37. The molecule has 5 atom stereocenters. The summed E-state index contributed by atoms with van der Waals surface area (Å²) in [7, 11) is 0. The number of carbonyl (C=O) groups is 2. The summed E-state index contributed by atoms with van der Waals surface area (Å²) in [6, 6.07) is 8.87. The molecule has 1 aromatic carbocycles. The Morgan fingerprint density at radius 2 is 1.80 bits per heavy atom. The van der Waals surface area contributed by atoms with E-state index in [1.165, 1.54) is 6.92 Å². The van der Waals surface area contributed by atoms with Crippen molar-refractivity contribution in [1.29, 1.82) is 0 Å². The van der Waals surface area contributed by atoms with Crippen LogP contribution in [0.2, 0.25) is 0 Å². The summed E-state index contributed by atoms with van der Waals surface area (Å²) < 4.78 is 10.9. The molecule has 4 nitrogen and oxygen atoms in total. The Labute approximate surface area is 125 Å². The molecule has 5 heteroatoms. The fraction of sp³-hybridized carbons (Fsp3) is 0.467. The molecule has 0 spiro atoms. The molecule has 0 bridgehead atoms. The summed E-state index contributed by atoms with van der Waals surface area (Å²) in [5.41, 5.74) is 0.518. The number of esters is 2. The molecule has 3 rings (SSSR count). The number of hydrogen-bond donors (Lipinski definition) is 0. The van der Waals surface area contributed by atoms with Crippen LogP contribution in [-0.4, -0.2) is 29.0 Å². The van der Waals surface area contributed by atoms with E-state index >= 15 is 0 Å². The highest BCUT2D eigenvalue weighted by Crippen LogP contribution is 2.56. The van der Waals surface area contributed by atoms with Crippen LogP contribution in [0.25, 0.3) is 0 Å². The van der Waals surface area contributed by atoms with Crippen molar-refractivity contribution < 1.29 is 19.1 Å². The van der Waals surface area contributed by atoms with Gasteiger partial charge in [0.15, 0.2) is 6.10 Å².